The summed E-state index contributed by atoms with van der Waals surface area (Å²) in [6.07, 6.45) is 6.64. The van der Waals surface area contributed by atoms with Gasteiger partial charge in [0.05, 0.1) is 5.60 Å². The molecule has 3 rings (SSSR count). The highest BCUT2D eigenvalue weighted by Gasteiger charge is 2.47. The molecule has 17 heavy (non-hydrogen) atoms. The summed E-state index contributed by atoms with van der Waals surface area (Å²) in [4.78, 5) is 0. The monoisotopic (exact) mass is 233 g/mol. The third kappa shape index (κ3) is 2.37. The molecule has 0 unspecified atom stereocenters. The molecule has 1 aliphatic heterocycles. The van der Waals surface area contributed by atoms with E-state index in [9.17, 15) is 5.11 Å². The van der Waals surface area contributed by atoms with E-state index in [1.165, 1.54) is 25.9 Å². The molecule has 2 saturated carbocycles. The lowest BCUT2D eigenvalue weighted by Crippen LogP contribution is -2.59. The lowest BCUT2D eigenvalue weighted by Gasteiger charge is -2.53. The van der Waals surface area contributed by atoms with Crippen molar-refractivity contribution in [3.05, 3.63) is 0 Å². The van der Waals surface area contributed by atoms with Crippen LogP contribution in [0.15, 0.2) is 0 Å². The second-order valence-electron chi connectivity index (χ2n) is 6.77. The molecule has 0 aromatic rings. The fourth-order valence-corrected chi connectivity index (χ4v) is 3.47. The molecular weight excluding hydrogens is 210 g/mol. The maximum absolute atomic E-state index is 9.88. The summed E-state index contributed by atoms with van der Waals surface area (Å²) < 4.78 is 0. The van der Waals surface area contributed by atoms with Gasteiger partial charge in [0.15, 0.2) is 0 Å². The lowest BCUT2D eigenvalue weighted by molar-refractivity contribution is 0.0144. The Hall–Kier alpha value is -0.520. The predicted molar refractivity (Wildman–Crippen MR) is 68.4 cm³/mol. The minimum Gasteiger partial charge on any atom is -0.390 e. The van der Waals surface area contributed by atoms with Crippen LogP contribution < -0.4 is 5.32 Å². The molecule has 1 heterocycles. The van der Waals surface area contributed by atoms with Crippen LogP contribution in [0.3, 0.4) is 0 Å². The highest BCUT2D eigenvalue weighted by atomic mass is 16.3. The molecule has 0 radical (unpaired) electrons. The van der Waals surface area contributed by atoms with Crippen LogP contribution in [0.2, 0.25) is 0 Å². The lowest BCUT2D eigenvalue weighted by atomic mass is 9.59. The Kier molecular flexibility index (Phi) is 2.72. The van der Waals surface area contributed by atoms with Crippen LogP contribution >= 0.6 is 0 Å². The largest absolute Gasteiger partial charge is 0.390 e. The van der Waals surface area contributed by atoms with Gasteiger partial charge in [-0.3, -0.25) is 0 Å². The van der Waals surface area contributed by atoms with Crippen LogP contribution in [-0.2, 0) is 0 Å². The Bertz CT molecular complexity index is 341. The van der Waals surface area contributed by atoms with E-state index in [2.05, 4.69) is 17.2 Å². The van der Waals surface area contributed by atoms with Crippen LogP contribution in [0.4, 0.5) is 0 Å². The van der Waals surface area contributed by atoms with Gasteiger partial charge in [-0.2, -0.15) is 0 Å². The van der Waals surface area contributed by atoms with Gasteiger partial charge in [-0.1, -0.05) is 11.8 Å². The van der Waals surface area contributed by atoms with Crippen LogP contribution in [0, 0.1) is 29.1 Å². The zero-order valence-corrected chi connectivity index (χ0v) is 10.8. The fourth-order valence-electron chi connectivity index (χ4n) is 3.47. The minimum atomic E-state index is -0.420. The van der Waals surface area contributed by atoms with Crippen LogP contribution in [0.25, 0.3) is 0 Å². The van der Waals surface area contributed by atoms with Gasteiger partial charge in [0.25, 0.3) is 0 Å². The van der Waals surface area contributed by atoms with E-state index < -0.39 is 5.60 Å². The van der Waals surface area contributed by atoms with Crippen molar-refractivity contribution in [3.63, 3.8) is 0 Å². The van der Waals surface area contributed by atoms with E-state index in [0.29, 0.717) is 17.3 Å². The molecule has 1 spiro atoms. The maximum atomic E-state index is 9.88. The van der Waals surface area contributed by atoms with Crippen molar-refractivity contribution < 1.29 is 5.11 Å². The highest BCUT2D eigenvalue weighted by Crippen LogP contribution is 2.48. The predicted octanol–water partition coefficient (Wildman–Crippen LogP) is 1.93. The number of hydrogen-bond donors (Lipinski definition) is 2. The SMILES string of the molecule is CC1(O)CCC(C#CC2CC3(CNC3)C2)CC1. The van der Waals surface area contributed by atoms with Gasteiger partial charge >= 0.3 is 0 Å². The zero-order valence-electron chi connectivity index (χ0n) is 10.8. The smallest absolute Gasteiger partial charge is 0.0620 e. The van der Waals surface area contributed by atoms with Gasteiger partial charge < -0.3 is 10.4 Å². The number of hydrogen-bond acceptors (Lipinski definition) is 2. The molecule has 2 aliphatic carbocycles. The van der Waals surface area contributed by atoms with Crippen molar-refractivity contribution >= 4 is 0 Å². The Labute approximate surface area is 104 Å². The molecule has 0 bridgehead atoms. The molecule has 3 aliphatic rings. The standard InChI is InChI=1S/C15H23NO/c1-14(17)6-4-12(5-7-14)2-3-13-8-15(9-13)10-16-11-15/h12-13,16-17H,4-11H2,1H3. The summed E-state index contributed by atoms with van der Waals surface area (Å²) in [6, 6.07) is 0. The third-order valence-corrected chi connectivity index (χ3v) is 4.91. The molecule has 0 atom stereocenters. The molecule has 1 saturated heterocycles. The van der Waals surface area contributed by atoms with Gasteiger partial charge in [0, 0.05) is 24.9 Å². The van der Waals surface area contributed by atoms with Crippen LogP contribution in [0.1, 0.15) is 45.4 Å². The Morgan fingerprint density at radius 1 is 1.06 bits per heavy atom. The first-order chi connectivity index (χ1) is 8.07. The second kappa shape index (κ2) is 4.00. The Morgan fingerprint density at radius 3 is 2.18 bits per heavy atom. The summed E-state index contributed by atoms with van der Waals surface area (Å²) in [5, 5.41) is 13.2. The number of nitrogens with one attached hydrogen (secondary N) is 1. The molecule has 0 aromatic carbocycles. The van der Waals surface area contributed by atoms with E-state index in [0.717, 1.165) is 25.7 Å². The van der Waals surface area contributed by atoms with Crippen molar-refractivity contribution in [2.45, 2.75) is 51.0 Å². The third-order valence-electron chi connectivity index (χ3n) is 4.91. The van der Waals surface area contributed by atoms with Crippen LogP contribution in [-0.4, -0.2) is 23.8 Å². The van der Waals surface area contributed by atoms with Crippen molar-refractivity contribution in [1.29, 1.82) is 0 Å². The molecule has 0 amide bonds. The molecule has 94 valence electrons. The van der Waals surface area contributed by atoms with E-state index in [4.69, 9.17) is 0 Å². The van der Waals surface area contributed by atoms with Crippen LogP contribution in [0.5, 0.6) is 0 Å². The normalized spacial score (nSPS) is 40.0. The van der Waals surface area contributed by atoms with Crippen molar-refractivity contribution in [2.24, 2.45) is 17.3 Å². The van der Waals surface area contributed by atoms with E-state index in [1.54, 1.807) is 0 Å². The topological polar surface area (TPSA) is 32.3 Å². The van der Waals surface area contributed by atoms with E-state index in [-0.39, 0.29) is 0 Å². The Balaban J connectivity index is 1.46. The molecule has 0 aromatic heterocycles. The molecular formula is C15H23NO. The first-order valence-corrected chi connectivity index (χ1v) is 7.01. The Morgan fingerprint density at radius 2 is 1.65 bits per heavy atom. The summed E-state index contributed by atoms with van der Waals surface area (Å²) in [7, 11) is 0. The zero-order chi connectivity index (χ0) is 11.9. The number of aliphatic hydroxyl groups is 1. The van der Waals surface area contributed by atoms with Gasteiger partial charge in [0.2, 0.25) is 0 Å². The van der Waals surface area contributed by atoms with Crippen molar-refractivity contribution in [3.8, 4) is 11.8 Å². The average Bonchev–Trinajstić information content (AvgIpc) is 2.15. The first-order valence-electron chi connectivity index (χ1n) is 7.01. The number of rotatable bonds is 0. The maximum Gasteiger partial charge on any atom is 0.0620 e. The summed E-state index contributed by atoms with van der Waals surface area (Å²) in [6.45, 7) is 4.39. The molecule has 2 nitrogen and oxygen atoms in total. The molecule has 2 heteroatoms. The van der Waals surface area contributed by atoms with E-state index in [1.807, 2.05) is 6.92 Å². The van der Waals surface area contributed by atoms with E-state index >= 15 is 0 Å². The van der Waals surface area contributed by atoms with Crippen molar-refractivity contribution in [2.75, 3.05) is 13.1 Å². The molecule has 3 fully saturated rings. The van der Waals surface area contributed by atoms with Gasteiger partial charge in [-0.25, -0.2) is 0 Å². The van der Waals surface area contributed by atoms with Gasteiger partial charge in [-0.15, -0.1) is 0 Å². The first kappa shape index (κ1) is 11.6. The minimum absolute atomic E-state index is 0.420. The summed E-state index contributed by atoms with van der Waals surface area (Å²) >= 11 is 0. The average molecular weight is 233 g/mol. The summed E-state index contributed by atoms with van der Waals surface area (Å²) in [5.74, 6) is 8.16. The molecule has 2 N–H and O–H groups in total. The van der Waals surface area contributed by atoms with Gasteiger partial charge in [0.1, 0.15) is 0 Å². The van der Waals surface area contributed by atoms with Crippen molar-refractivity contribution in [1.82, 2.24) is 5.32 Å². The summed E-state index contributed by atoms with van der Waals surface area (Å²) in [5.41, 5.74) is 0.228. The fraction of sp³-hybridized carbons (Fsp3) is 0.867. The van der Waals surface area contributed by atoms with Gasteiger partial charge in [-0.05, 0) is 50.9 Å². The second-order valence-corrected chi connectivity index (χ2v) is 6.77. The quantitative estimate of drug-likeness (QED) is 0.627. The highest BCUT2D eigenvalue weighted by molar-refractivity contribution is 5.17.